The molecule has 2 aromatic rings. The zero-order valence-corrected chi connectivity index (χ0v) is 20.6. The summed E-state index contributed by atoms with van der Waals surface area (Å²) < 4.78 is 6.65. The van der Waals surface area contributed by atoms with Crippen LogP contribution in [0.3, 0.4) is 0 Å². The van der Waals surface area contributed by atoms with E-state index in [2.05, 4.69) is 21.2 Å². The molecule has 0 aromatic heterocycles. The maximum absolute atomic E-state index is 13.0. The average Bonchev–Trinajstić information content (AvgIpc) is 2.75. The van der Waals surface area contributed by atoms with E-state index < -0.39 is 6.04 Å². The molecule has 1 atom stereocenters. The van der Waals surface area contributed by atoms with Crippen molar-refractivity contribution < 1.29 is 14.3 Å². The van der Waals surface area contributed by atoms with Crippen molar-refractivity contribution in [2.24, 2.45) is 5.92 Å². The Hall–Kier alpha value is -2.05. The van der Waals surface area contributed by atoms with E-state index in [0.717, 1.165) is 10.0 Å². The summed E-state index contributed by atoms with van der Waals surface area (Å²) in [5, 5.41) is 3.58. The lowest BCUT2D eigenvalue weighted by Crippen LogP contribution is -2.48. The van der Waals surface area contributed by atoms with E-state index in [1.807, 2.05) is 38.1 Å². The van der Waals surface area contributed by atoms with Crippen LogP contribution in [-0.4, -0.2) is 35.9 Å². The molecule has 0 fully saturated rings. The minimum Gasteiger partial charge on any atom is -0.494 e. The number of benzene rings is 2. The van der Waals surface area contributed by atoms with E-state index >= 15 is 0 Å². The third-order valence-corrected chi connectivity index (χ3v) is 5.52. The first kappa shape index (κ1) is 25.2. The van der Waals surface area contributed by atoms with Crippen molar-refractivity contribution in [1.29, 1.82) is 0 Å². The van der Waals surface area contributed by atoms with Gasteiger partial charge in [-0.15, -0.1) is 0 Å². The molecule has 0 bridgehead atoms. The van der Waals surface area contributed by atoms with E-state index in [1.165, 1.54) is 0 Å². The first-order chi connectivity index (χ1) is 14.8. The van der Waals surface area contributed by atoms with Crippen LogP contribution in [0.2, 0.25) is 5.02 Å². The molecule has 168 valence electrons. The number of hydrogen-bond donors (Lipinski definition) is 1. The van der Waals surface area contributed by atoms with Crippen LogP contribution >= 0.6 is 27.5 Å². The predicted molar refractivity (Wildman–Crippen MR) is 128 cm³/mol. The monoisotopic (exact) mass is 508 g/mol. The molecule has 31 heavy (non-hydrogen) atoms. The molecule has 0 aliphatic heterocycles. The Morgan fingerprint density at radius 3 is 2.32 bits per heavy atom. The van der Waals surface area contributed by atoms with Crippen LogP contribution in [0.15, 0.2) is 53.0 Å². The molecule has 1 N–H and O–H groups in total. The number of carbonyl (C=O) groups is 2. The summed E-state index contributed by atoms with van der Waals surface area (Å²) in [5.74, 6) is 0.841. The van der Waals surface area contributed by atoms with Crippen molar-refractivity contribution in [3.05, 3.63) is 63.6 Å². The minimum absolute atomic E-state index is 0.0742. The Balaban J connectivity index is 1.97. The van der Waals surface area contributed by atoms with E-state index in [4.69, 9.17) is 16.3 Å². The zero-order valence-electron chi connectivity index (χ0n) is 18.2. The van der Waals surface area contributed by atoms with Gasteiger partial charge in [-0.25, -0.2) is 0 Å². The third-order valence-electron chi connectivity index (χ3n) is 4.74. The minimum atomic E-state index is -0.563. The highest BCUT2D eigenvalue weighted by Gasteiger charge is 2.25. The molecule has 0 saturated heterocycles. The number of ether oxygens (including phenoxy) is 1. The largest absolute Gasteiger partial charge is 0.494 e. The summed E-state index contributed by atoms with van der Waals surface area (Å²) in [6, 6.07) is 14.3. The zero-order chi connectivity index (χ0) is 22.8. The van der Waals surface area contributed by atoms with Gasteiger partial charge in [0.2, 0.25) is 11.8 Å². The topological polar surface area (TPSA) is 58.6 Å². The Kier molecular flexibility index (Phi) is 10.3. The van der Waals surface area contributed by atoms with Gasteiger partial charge in [0.05, 0.1) is 6.61 Å². The first-order valence-electron chi connectivity index (χ1n) is 10.5. The van der Waals surface area contributed by atoms with Crippen molar-refractivity contribution in [3.63, 3.8) is 0 Å². The van der Waals surface area contributed by atoms with Crippen molar-refractivity contribution in [1.82, 2.24) is 10.2 Å². The number of hydrogen-bond acceptors (Lipinski definition) is 3. The van der Waals surface area contributed by atoms with Gasteiger partial charge >= 0.3 is 0 Å². The fraction of sp³-hybridized carbons (Fsp3) is 0.417. The average molecular weight is 510 g/mol. The van der Waals surface area contributed by atoms with Crippen LogP contribution in [0.1, 0.15) is 39.2 Å². The number of halogens is 2. The highest BCUT2D eigenvalue weighted by Crippen LogP contribution is 2.17. The van der Waals surface area contributed by atoms with Gasteiger partial charge in [0.1, 0.15) is 11.8 Å². The van der Waals surface area contributed by atoms with Crippen LogP contribution in [0.4, 0.5) is 0 Å². The molecule has 2 aromatic carbocycles. The highest BCUT2D eigenvalue weighted by molar-refractivity contribution is 9.10. The lowest BCUT2D eigenvalue weighted by atomic mass is 10.1. The van der Waals surface area contributed by atoms with Crippen molar-refractivity contribution in [2.75, 3.05) is 13.2 Å². The SMILES string of the molecule is CC(C)CNC(=O)[C@H](C)N(Cc1ccc(Br)cc1)C(=O)CCCOc1ccc(Cl)cc1. The molecular weight excluding hydrogens is 480 g/mol. The Morgan fingerprint density at radius 2 is 1.71 bits per heavy atom. The maximum atomic E-state index is 13.0. The van der Waals surface area contributed by atoms with Gasteiger partial charge in [-0.1, -0.05) is 53.5 Å². The lowest BCUT2D eigenvalue weighted by molar-refractivity contribution is -0.140. The molecule has 0 radical (unpaired) electrons. The smallest absolute Gasteiger partial charge is 0.242 e. The molecule has 0 spiro atoms. The molecule has 2 amide bonds. The molecule has 5 nitrogen and oxygen atoms in total. The molecule has 0 saturated carbocycles. The fourth-order valence-electron chi connectivity index (χ4n) is 2.91. The van der Waals surface area contributed by atoms with E-state index in [-0.39, 0.29) is 11.8 Å². The summed E-state index contributed by atoms with van der Waals surface area (Å²) >= 11 is 9.30. The quantitative estimate of drug-likeness (QED) is 0.410. The Labute approximate surface area is 198 Å². The van der Waals surface area contributed by atoms with Gasteiger partial charge in [-0.05, 0) is 61.2 Å². The summed E-state index contributed by atoms with van der Waals surface area (Å²) in [4.78, 5) is 27.3. The molecular formula is C24H30BrClN2O3. The molecule has 7 heteroatoms. The maximum Gasteiger partial charge on any atom is 0.242 e. The standard InChI is InChI=1S/C24H30BrClN2O3/c1-17(2)15-27-24(30)18(3)28(16-19-6-8-20(25)9-7-19)23(29)5-4-14-31-22-12-10-21(26)11-13-22/h6-13,17-18H,4-5,14-16H2,1-3H3,(H,27,30)/t18-/m0/s1. The van der Waals surface area contributed by atoms with Gasteiger partial charge in [0.15, 0.2) is 0 Å². The van der Waals surface area contributed by atoms with E-state index in [1.54, 1.807) is 36.1 Å². The number of carbonyl (C=O) groups excluding carboxylic acids is 2. The van der Waals surface area contributed by atoms with Crippen LogP contribution in [0, 0.1) is 5.92 Å². The molecule has 0 aliphatic rings. The van der Waals surface area contributed by atoms with Gasteiger partial charge in [-0.2, -0.15) is 0 Å². The van der Waals surface area contributed by atoms with Gasteiger partial charge in [-0.3, -0.25) is 9.59 Å². The second-order valence-electron chi connectivity index (χ2n) is 7.87. The second kappa shape index (κ2) is 12.7. The van der Waals surface area contributed by atoms with E-state index in [9.17, 15) is 9.59 Å². The van der Waals surface area contributed by atoms with Crippen molar-refractivity contribution >= 4 is 39.3 Å². The summed E-state index contributed by atoms with van der Waals surface area (Å²) in [6.45, 7) is 7.22. The van der Waals surface area contributed by atoms with Crippen molar-refractivity contribution in [2.45, 2.75) is 46.2 Å². The normalized spacial score (nSPS) is 11.8. The van der Waals surface area contributed by atoms with E-state index in [0.29, 0.717) is 49.2 Å². The first-order valence-corrected chi connectivity index (χ1v) is 11.6. The number of rotatable bonds is 11. The van der Waals surface area contributed by atoms with Gasteiger partial charge < -0.3 is 15.0 Å². The predicted octanol–water partition coefficient (Wildman–Crippen LogP) is 5.45. The molecule has 0 heterocycles. The van der Waals surface area contributed by atoms with Gasteiger partial charge in [0.25, 0.3) is 0 Å². The fourth-order valence-corrected chi connectivity index (χ4v) is 3.30. The summed E-state index contributed by atoms with van der Waals surface area (Å²) in [7, 11) is 0. The van der Waals surface area contributed by atoms with Crippen LogP contribution in [-0.2, 0) is 16.1 Å². The number of amides is 2. The Morgan fingerprint density at radius 1 is 1.06 bits per heavy atom. The molecule has 2 rings (SSSR count). The van der Waals surface area contributed by atoms with Gasteiger partial charge in [0, 0.05) is 29.0 Å². The molecule has 0 aliphatic carbocycles. The summed E-state index contributed by atoms with van der Waals surface area (Å²) in [6.07, 6.45) is 0.852. The highest BCUT2D eigenvalue weighted by atomic mass is 79.9. The lowest BCUT2D eigenvalue weighted by Gasteiger charge is -2.29. The van der Waals surface area contributed by atoms with Crippen LogP contribution < -0.4 is 10.1 Å². The molecule has 0 unspecified atom stereocenters. The van der Waals surface area contributed by atoms with Crippen LogP contribution in [0.25, 0.3) is 0 Å². The Bertz CT molecular complexity index is 841. The third kappa shape index (κ3) is 8.91. The van der Waals surface area contributed by atoms with Crippen LogP contribution in [0.5, 0.6) is 5.75 Å². The van der Waals surface area contributed by atoms with Crippen molar-refractivity contribution in [3.8, 4) is 5.75 Å². The number of nitrogens with one attached hydrogen (secondary N) is 1. The summed E-state index contributed by atoms with van der Waals surface area (Å²) in [5.41, 5.74) is 0.970. The number of nitrogens with zero attached hydrogens (tertiary/aromatic N) is 1. The second-order valence-corrected chi connectivity index (χ2v) is 9.22.